The minimum Gasteiger partial charge on any atom is -0.473 e. The molecule has 0 aromatic carbocycles. The molecule has 0 bridgehead atoms. The number of nitrogens with zero attached hydrogens (tertiary/aromatic N) is 6. The summed E-state index contributed by atoms with van der Waals surface area (Å²) in [6.45, 7) is 3.50. The Labute approximate surface area is 182 Å². The fraction of sp³-hybridized carbons (Fsp3) is 0.421. The molecule has 12 heteroatoms. The van der Waals surface area contributed by atoms with Gasteiger partial charge in [-0.05, 0) is 12.8 Å². The number of aromatic nitrogens is 5. The Hall–Kier alpha value is -3.02. The molecule has 0 atom stereocenters. The van der Waals surface area contributed by atoms with Gasteiger partial charge in [0.05, 0.1) is 36.7 Å². The van der Waals surface area contributed by atoms with E-state index < -0.39 is 5.91 Å². The van der Waals surface area contributed by atoms with Crippen molar-refractivity contribution in [1.82, 2.24) is 29.5 Å². The zero-order valence-corrected chi connectivity index (χ0v) is 17.3. The van der Waals surface area contributed by atoms with Crippen LogP contribution in [-0.2, 0) is 4.74 Å². The van der Waals surface area contributed by atoms with Crippen molar-refractivity contribution in [3.05, 3.63) is 35.5 Å². The standard InChI is InChI=1S/C19H21ClN8O3/c20-11-5-23-17-15(16(21)26-28(17)7-11)18(29)25-14-6-22-10-24-19(14)31-13-1-3-27(4-2-13)12-8-30-9-12/h5-7,10,12-13H,1-4,8-9H2,(H2,21,26)(H,25,29). The summed E-state index contributed by atoms with van der Waals surface area (Å²) in [7, 11) is 0. The number of likely N-dealkylation sites (tertiary alicyclic amines) is 1. The van der Waals surface area contributed by atoms with E-state index in [9.17, 15) is 4.79 Å². The number of piperidine rings is 1. The topological polar surface area (TPSA) is 133 Å². The van der Waals surface area contributed by atoms with Crippen molar-refractivity contribution in [2.45, 2.75) is 25.0 Å². The number of rotatable bonds is 5. The van der Waals surface area contributed by atoms with Crippen LogP contribution in [0.5, 0.6) is 5.88 Å². The molecule has 5 rings (SSSR count). The van der Waals surface area contributed by atoms with Gasteiger partial charge in [-0.3, -0.25) is 9.69 Å². The predicted molar refractivity (Wildman–Crippen MR) is 112 cm³/mol. The van der Waals surface area contributed by atoms with Crippen molar-refractivity contribution in [3.8, 4) is 5.88 Å². The smallest absolute Gasteiger partial charge is 0.263 e. The number of amides is 1. The highest BCUT2D eigenvalue weighted by molar-refractivity contribution is 6.30. The molecule has 1 amide bonds. The number of ether oxygens (including phenoxy) is 2. The molecule has 2 aliphatic rings. The van der Waals surface area contributed by atoms with Gasteiger partial charge < -0.3 is 20.5 Å². The SMILES string of the molecule is Nc1nn2cc(Cl)cnc2c1C(=O)Nc1cncnc1OC1CCN(C2COC2)CC1. The second kappa shape index (κ2) is 8.25. The average molecular weight is 445 g/mol. The van der Waals surface area contributed by atoms with E-state index in [1.807, 2.05) is 0 Å². The van der Waals surface area contributed by atoms with Crippen LogP contribution in [-0.4, -0.2) is 73.8 Å². The van der Waals surface area contributed by atoms with E-state index in [4.69, 9.17) is 26.8 Å². The first-order valence-electron chi connectivity index (χ1n) is 9.97. The van der Waals surface area contributed by atoms with Crippen LogP contribution in [0.2, 0.25) is 5.02 Å². The predicted octanol–water partition coefficient (Wildman–Crippen LogP) is 1.25. The summed E-state index contributed by atoms with van der Waals surface area (Å²) in [5.74, 6) is -0.125. The number of nitrogen functional groups attached to an aromatic ring is 1. The van der Waals surface area contributed by atoms with E-state index in [1.165, 1.54) is 29.4 Å². The van der Waals surface area contributed by atoms with Crippen molar-refractivity contribution in [2.24, 2.45) is 0 Å². The first kappa shape index (κ1) is 19.9. The van der Waals surface area contributed by atoms with E-state index in [-0.39, 0.29) is 17.5 Å². The monoisotopic (exact) mass is 444 g/mol. The van der Waals surface area contributed by atoms with Crippen LogP contribution in [0.15, 0.2) is 24.9 Å². The number of halogens is 1. The van der Waals surface area contributed by atoms with Gasteiger partial charge in [-0.2, -0.15) is 4.98 Å². The molecular weight excluding hydrogens is 424 g/mol. The molecule has 0 radical (unpaired) electrons. The number of fused-ring (bicyclic) bond motifs is 1. The van der Waals surface area contributed by atoms with E-state index in [0.717, 1.165) is 39.1 Å². The fourth-order valence-corrected chi connectivity index (χ4v) is 3.92. The summed E-state index contributed by atoms with van der Waals surface area (Å²) in [6.07, 6.45) is 7.59. The summed E-state index contributed by atoms with van der Waals surface area (Å²) in [6, 6.07) is 0.523. The zero-order valence-electron chi connectivity index (χ0n) is 16.6. The lowest BCUT2D eigenvalue weighted by atomic mass is 10.0. The van der Waals surface area contributed by atoms with Gasteiger partial charge in [0.25, 0.3) is 5.91 Å². The molecule has 31 heavy (non-hydrogen) atoms. The van der Waals surface area contributed by atoms with Crippen LogP contribution in [0, 0.1) is 0 Å². The number of nitrogens with one attached hydrogen (secondary N) is 1. The molecule has 3 N–H and O–H groups in total. The Morgan fingerprint density at radius 3 is 2.81 bits per heavy atom. The highest BCUT2D eigenvalue weighted by atomic mass is 35.5. The minimum absolute atomic E-state index is 0.00801. The minimum atomic E-state index is -0.484. The second-order valence-electron chi connectivity index (χ2n) is 7.54. The molecule has 0 spiro atoms. The van der Waals surface area contributed by atoms with Gasteiger partial charge in [0.2, 0.25) is 5.88 Å². The molecule has 11 nitrogen and oxygen atoms in total. The normalized spacial score (nSPS) is 18.1. The number of anilines is 2. The Bertz CT molecular complexity index is 1110. The quantitative estimate of drug-likeness (QED) is 0.596. The van der Waals surface area contributed by atoms with E-state index in [0.29, 0.717) is 28.3 Å². The summed E-state index contributed by atoms with van der Waals surface area (Å²) >= 11 is 5.93. The van der Waals surface area contributed by atoms with Gasteiger partial charge in [0.1, 0.15) is 23.7 Å². The van der Waals surface area contributed by atoms with Crippen LogP contribution in [0.25, 0.3) is 5.65 Å². The van der Waals surface area contributed by atoms with Gasteiger partial charge in [0.15, 0.2) is 11.5 Å². The van der Waals surface area contributed by atoms with E-state index in [1.54, 1.807) is 0 Å². The van der Waals surface area contributed by atoms with Crippen molar-refractivity contribution < 1.29 is 14.3 Å². The third-order valence-corrected chi connectivity index (χ3v) is 5.71. The van der Waals surface area contributed by atoms with Gasteiger partial charge in [-0.1, -0.05) is 11.6 Å². The third-order valence-electron chi connectivity index (χ3n) is 5.51. The average Bonchev–Trinajstić information content (AvgIpc) is 3.04. The Morgan fingerprint density at radius 2 is 2.06 bits per heavy atom. The van der Waals surface area contributed by atoms with Crippen LogP contribution in [0.3, 0.4) is 0 Å². The molecule has 0 aliphatic carbocycles. The highest BCUT2D eigenvalue weighted by Crippen LogP contribution is 2.27. The maximum absolute atomic E-state index is 12.9. The highest BCUT2D eigenvalue weighted by Gasteiger charge is 2.31. The lowest BCUT2D eigenvalue weighted by Crippen LogP contribution is -2.52. The fourth-order valence-electron chi connectivity index (χ4n) is 3.78. The summed E-state index contributed by atoms with van der Waals surface area (Å²) in [5, 5.41) is 7.25. The van der Waals surface area contributed by atoms with Crippen LogP contribution in [0.4, 0.5) is 11.5 Å². The van der Waals surface area contributed by atoms with Crippen molar-refractivity contribution in [1.29, 1.82) is 0 Å². The molecule has 5 heterocycles. The van der Waals surface area contributed by atoms with Crippen molar-refractivity contribution >= 4 is 34.7 Å². The van der Waals surface area contributed by atoms with Gasteiger partial charge >= 0.3 is 0 Å². The molecule has 162 valence electrons. The molecule has 0 unspecified atom stereocenters. The maximum Gasteiger partial charge on any atom is 0.263 e. The lowest BCUT2D eigenvalue weighted by molar-refractivity contribution is -0.0779. The summed E-state index contributed by atoms with van der Waals surface area (Å²) < 4.78 is 12.8. The number of nitrogens with two attached hydrogens (primary N) is 1. The number of carbonyl (C=O) groups is 1. The number of hydrogen-bond donors (Lipinski definition) is 2. The second-order valence-corrected chi connectivity index (χ2v) is 7.98. The molecule has 0 saturated carbocycles. The number of hydrogen-bond acceptors (Lipinski definition) is 9. The first-order chi connectivity index (χ1) is 15.1. The third kappa shape index (κ3) is 3.99. The van der Waals surface area contributed by atoms with E-state index >= 15 is 0 Å². The van der Waals surface area contributed by atoms with Gasteiger partial charge in [-0.25, -0.2) is 14.5 Å². The van der Waals surface area contributed by atoms with Gasteiger partial charge in [0, 0.05) is 19.3 Å². The summed E-state index contributed by atoms with van der Waals surface area (Å²) in [5.41, 5.74) is 6.74. The Balaban J connectivity index is 1.30. The summed E-state index contributed by atoms with van der Waals surface area (Å²) in [4.78, 5) is 27.8. The zero-order chi connectivity index (χ0) is 21.4. The molecular formula is C19H21ClN8O3. The largest absolute Gasteiger partial charge is 0.473 e. The molecule has 2 saturated heterocycles. The van der Waals surface area contributed by atoms with Crippen LogP contribution >= 0.6 is 11.6 Å². The van der Waals surface area contributed by atoms with Crippen molar-refractivity contribution in [2.75, 3.05) is 37.4 Å². The van der Waals surface area contributed by atoms with Crippen molar-refractivity contribution in [3.63, 3.8) is 0 Å². The van der Waals surface area contributed by atoms with Crippen LogP contribution in [0.1, 0.15) is 23.2 Å². The maximum atomic E-state index is 12.9. The van der Waals surface area contributed by atoms with Crippen LogP contribution < -0.4 is 15.8 Å². The molecule has 2 aliphatic heterocycles. The molecule has 2 fully saturated rings. The first-order valence-corrected chi connectivity index (χ1v) is 10.4. The number of carbonyl (C=O) groups excluding carboxylic acids is 1. The Kier molecular flexibility index (Phi) is 5.30. The molecule has 3 aromatic heterocycles. The van der Waals surface area contributed by atoms with E-state index in [2.05, 4.69) is 30.3 Å². The Morgan fingerprint density at radius 1 is 1.26 bits per heavy atom. The molecule has 3 aromatic rings. The van der Waals surface area contributed by atoms with Gasteiger partial charge in [-0.15, -0.1) is 5.10 Å². The lowest BCUT2D eigenvalue weighted by Gasteiger charge is -2.41.